The van der Waals surface area contributed by atoms with Crippen LogP contribution in [0.2, 0.25) is 0 Å². The number of rotatable bonds is 6. The van der Waals surface area contributed by atoms with Crippen LogP contribution in [-0.2, 0) is 16.2 Å². The highest BCUT2D eigenvalue weighted by Gasteiger charge is 2.54. The number of fused-ring (bicyclic) bond motifs is 25. The molecule has 0 N–H and O–H groups in total. The lowest BCUT2D eigenvalue weighted by atomic mass is 9.70. The summed E-state index contributed by atoms with van der Waals surface area (Å²) in [7, 11) is 0. The Hall–Kier alpha value is -11.7. The molecule has 2 aliphatic rings. The standard InChI is InChI=1S/C93H68N2O2/c1-91(2,3)61-43-47-63(48-44-61)94(64-49-45-62(46-50-64)92(4,5)6)82-56-77-87(86-72-36-20-24-40-84(72)96-89(82)86)88-78(93(77)75-37-21-17-33-69(75)70-34-18-22-38-76(70)93)55-81(85-71-35-19-23-39-83(71)97-90(85)88)95-79-51-41-59(57-25-9-7-10-26-57)53-73(79)67-31-15-13-29-65(67)66-30-14-16-32-68(66)74-54-60(42-52-80(74)95)58-27-11-8-12-28-58/h7-56H,1-6H3. The molecule has 4 nitrogen and oxygen atoms in total. The number of benzene rings is 14. The van der Waals surface area contributed by atoms with Gasteiger partial charge in [-0.15, -0.1) is 0 Å². The molecular formula is C93H68N2O2. The quantitative estimate of drug-likeness (QED) is 0.166. The van der Waals surface area contributed by atoms with E-state index in [2.05, 4.69) is 354 Å². The Morgan fingerprint density at radius 2 is 0.711 bits per heavy atom. The maximum absolute atomic E-state index is 7.85. The SMILES string of the molecule is CC(C)(C)c1ccc(N(c2ccc(C(C)(C)C)cc2)c2cc3c(c4c2oc2ccccc24)-c2c(cc(-n4c5ccc(-c6ccccc6)cc5c5ccccc5c5ccccc5c5cc(-c6ccccc6)ccc54)c4c2oc2ccccc24)C32c3ccccc3-c3ccccc32)cc1. The van der Waals surface area contributed by atoms with Crippen molar-refractivity contribution in [3.05, 3.63) is 337 Å². The lowest BCUT2D eigenvalue weighted by molar-refractivity contribution is 0.590. The van der Waals surface area contributed by atoms with Crippen LogP contribution in [0.3, 0.4) is 0 Å². The van der Waals surface area contributed by atoms with E-state index < -0.39 is 5.41 Å². The molecule has 0 radical (unpaired) electrons. The number of hydrogen-bond donors (Lipinski definition) is 0. The van der Waals surface area contributed by atoms with Gasteiger partial charge in [-0.05, 0) is 172 Å². The molecule has 0 bridgehead atoms. The zero-order valence-electron chi connectivity index (χ0n) is 55.1. The molecule has 19 rings (SSSR count). The zero-order valence-corrected chi connectivity index (χ0v) is 55.1. The summed E-state index contributed by atoms with van der Waals surface area (Å²) in [6.45, 7) is 13.7. The fourth-order valence-corrected chi connectivity index (χ4v) is 16.6. The minimum atomic E-state index is -0.905. The van der Waals surface area contributed by atoms with Crippen molar-refractivity contribution < 1.29 is 8.83 Å². The van der Waals surface area contributed by atoms with Crippen molar-refractivity contribution in [3.63, 3.8) is 0 Å². The Morgan fingerprint density at radius 3 is 1.20 bits per heavy atom. The number of hydrogen-bond acceptors (Lipinski definition) is 3. The number of para-hydroxylation sites is 2. The molecule has 3 heterocycles. The van der Waals surface area contributed by atoms with Crippen molar-refractivity contribution in [3.8, 4) is 50.2 Å². The highest BCUT2D eigenvalue weighted by molar-refractivity contribution is 6.27. The van der Waals surface area contributed by atoms with E-state index in [1.54, 1.807) is 0 Å². The largest absolute Gasteiger partial charge is 0.455 e. The van der Waals surface area contributed by atoms with Crippen molar-refractivity contribution in [2.24, 2.45) is 0 Å². The van der Waals surface area contributed by atoms with E-state index in [9.17, 15) is 0 Å². The summed E-state index contributed by atoms with van der Waals surface area (Å²) in [5, 5.41) is 11.0. The van der Waals surface area contributed by atoms with Gasteiger partial charge in [0.2, 0.25) is 0 Å². The van der Waals surface area contributed by atoms with Gasteiger partial charge < -0.3 is 18.3 Å². The van der Waals surface area contributed by atoms with Crippen LogP contribution in [0, 0.1) is 0 Å². The van der Waals surface area contributed by atoms with Gasteiger partial charge in [-0.2, -0.15) is 0 Å². The first kappa shape index (κ1) is 56.8. The third kappa shape index (κ3) is 8.42. The molecule has 0 saturated carbocycles. The van der Waals surface area contributed by atoms with Crippen molar-refractivity contribution in [1.29, 1.82) is 0 Å². The highest BCUT2D eigenvalue weighted by Crippen LogP contribution is 2.68. The average molecular weight is 1250 g/mol. The average Bonchev–Trinajstić information content (AvgIpc) is 1.49. The molecule has 0 unspecified atom stereocenters. The van der Waals surface area contributed by atoms with Crippen LogP contribution in [-0.4, -0.2) is 4.57 Å². The monoisotopic (exact) mass is 1240 g/mol. The molecule has 462 valence electrons. The van der Waals surface area contributed by atoms with Crippen LogP contribution < -0.4 is 4.90 Å². The normalized spacial score (nSPS) is 13.1. The van der Waals surface area contributed by atoms with Gasteiger partial charge in [0.25, 0.3) is 0 Å². The summed E-state index contributed by atoms with van der Waals surface area (Å²) in [5.74, 6) is 0. The number of nitrogens with zero attached hydrogens (tertiary/aromatic N) is 2. The number of anilines is 3. The fourth-order valence-electron chi connectivity index (χ4n) is 16.6. The van der Waals surface area contributed by atoms with E-state index in [4.69, 9.17) is 8.83 Å². The first-order chi connectivity index (χ1) is 47.4. The molecule has 4 heteroatoms. The van der Waals surface area contributed by atoms with E-state index in [-0.39, 0.29) is 10.8 Å². The molecule has 0 saturated heterocycles. The molecule has 0 aliphatic heterocycles. The summed E-state index contributed by atoms with van der Waals surface area (Å²) >= 11 is 0. The number of furan rings is 2. The van der Waals surface area contributed by atoms with E-state index >= 15 is 0 Å². The molecule has 3 aromatic heterocycles. The van der Waals surface area contributed by atoms with E-state index in [1.165, 1.54) is 49.7 Å². The smallest absolute Gasteiger partial charge is 0.160 e. The summed E-state index contributed by atoms with van der Waals surface area (Å²) in [6.07, 6.45) is 0. The van der Waals surface area contributed by atoms with Gasteiger partial charge in [-0.3, -0.25) is 0 Å². The Bertz CT molecular complexity index is 5940. The van der Waals surface area contributed by atoms with Crippen LogP contribution in [0.25, 0.3) is 137 Å². The van der Waals surface area contributed by atoms with Crippen LogP contribution in [0.5, 0.6) is 0 Å². The third-order valence-corrected chi connectivity index (χ3v) is 21.1. The van der Waals surface area contributed by atoms with Gasteiger partial charge in [0.1, 0.15) is 16.7 Å². The predicted molar refractivity (Wildman–Crippen MR) is 407 cm³/mol. The Kier molecular flexibility index (Phi) is 12.4. The van der Waals surface area contributed by atoms with E-state index in [0.717, 1.165) is 138 Å². The lowest BCUT2D eigenvalue weighted by Gasteiger charge is -2.33. The zero-order chi connectivity index (χ0) is 65.1. The molecule has 0 amide bonds. The number of aromatic nitrogens is 1. The van der Waals surface area contributed by atoms with Crippen LogP contribution in [0.15, 0.2) is 312 Å². The van der Waals surface area contributed by atoms with Crippen LogP contribution >= 0.6 is 0 Å². The molecule has 0 fully saturated rings. The molecule has 17 aromatic rings. The fraction of sp³-hybridized carbons (Fsp3) is 0.0968. The maximum atomic E-state index is 7.85. The molecular weight excluding hydrogens is 1180 g/mol. The Balaban J connectivity index is 1.04. The second-order valence-corrected chi connectivity index (χ2v) is 28.6. The summed E-state index contributed by atoms with van der Waals surface area (Å²) in [5.41, 5.74) is 24.9. The first-order valence-corrected chi connectivity index (χ1v) is 34.0. The van der Waals surface area contributed by atoms with Crippen LogP contribution in [0.4, 0.5) is 17.1 Å². The molecule has 14 aromatic carbocycles. The minimum absolute atomic E-state index is 0.0549. The Labute approximate surface area is 563 Å². The lowest BCUT2D eigenvalue weighted by Crippen LogP contribution is -2.26. The molecule has 0 atom stereocenters. The minimum Gasteiger partial charge on any atom is -0.455 e. The Morgan fingerprint density at radius 1 is 0.309 bits per heavy atom. The van der Waals surface area contributed by atoms with Gasteiger partial charge in [-0.25, -0.2) is 0 Å². The second-order valence-electron chi connectivity index (χ2n) is 28.6. The second kappa shape index (κ2) is 21.1. The van der Waals surface area contributed by atoms with Gasteiger partial charge >= 0.3 is 0 Å². The van der Waals surface area contributed by atoms with Gasteiger partial charge in [-0.1, -0.05) is 272 Å². The van der Waals surface area contributed by atoms with Gasteiger partial charge in [0, 0.05) is 49.4 Å². The van der Waals surface area contributed by atoms with Crippen molar-refractivity contribution in [2.75, 3.05) is 4.90 Å². The molecule has 2 aliphatic carbocycles. The highest BCUT2D eigenvalue weighted by atomic mass is 16.3. The van der Waals surface area contributed by atoms with E-state index in [1.807, 2.05) is 0 Å². The topological polar surface area (TPSA) is 34.5 Å². The van der Waals surface area contributed by atoms with Crippen molar-refractivity contribution in [2.45, 2.75) is 57.8 Å². The summed E-state index contributed by atoms with van der Waals surface area (Å²) in [4.78, 5) is 2.45. The first-order valence-electron chi connectivity index (χ1n) is 34.0. The van der Waals surface area contributed by atoms with Gasteiger partial charge in [0.05, 0.1) is 33.2 Å². The van der Waals surface area contributed by atoms with E-state index in [0.29, 0.717) is 0 Å². The third-order valence-electron chi connectivity index (χ3n) is 21.1. The predicted octanol–water partition coefficient (Wildman–Crippen LogP) is 25.8. The summed E-state index contributed by atoms with van der Waals surface area (Å²) < 4.78 is 18.0. The molecule has 97 heavy (non-hydrogen) atoms. The van der Waals surface area contributed by atoms with Crippen molar-refractivity contribution in [1.82, 2.24) is 4.57 Å². The van der Waals surface area contributed by atoms with Crippen LogP contribution in [0.1, 0.15) is 74.9 Å². The maximum Gasteiger partial charge on any atom is 0.160 e. The molecule has 1 spiro atoms. The van der Waals surface area contributed by atoms with Gasteiger partial charge in [0.15, 0.2) is 5.58 Å². The van der Waals surface area contributed by atoms with Crippen molar-refractivity contribution >= 4 is 104 Å². The summed E-state index contributed by atoms with van der Waals surface area (Å²) in [6, 6.07) is 113.